The summed E-state index contributed by atoms with van der Waals surface area (Å²) >= 11 is 5.86. The third-order valence-corrected chi connectivity index (χ3v) is 2.98. The molecule has 7 nitrogen and oxygen atoms in total. The van der Waals surface area contributed by atoms with E-state index in [-0.39, 0.29) is 6.61 Å². The first-order chi connectivity index (χ1) is 11.9. The fraction of sp³-hybridized carbons (Fsp3) is 0.133. The summed E-state index contributed by atoms with van der Waals surface area (Å²) in [5.41, 5.74) is 2.39. The van der Waals surface area contributed by atoms with Gasteiger partial charge in [-0.05, 0) is 31.2 Å². The molecule has 3 rings (SSSR count). The third-order valence-electron chi connectivity index (χ3n) is 2.73. The normalized spacial score (nSPS) is 9.92. The minimum absolute atomic E-state index is 0.283. The fourth-order valence-electron chi connectivity index (χ4n) is 1.74. The van der Waals surface area contributed by atoms with Crippen molar-refractivity contribution in [2.75, 3.05) is 0 Å². The predicted molar refractivity (Wildman–Crippen MR) is 85.1 cm³/mol. The van der Waals surface area contributed by atoms with Crippen molar-refractivity contribution >= 4 is 17.9 Å². The second kappa shape index (κ2) is 8.78. The number of aromatic nitrogens is 5. The van der Waals surface area contributed by atoms with Crippen molar-refractivity contribution in [2.45, 2.75) is 13.5 Å². The first kappa shape index (κ1) is 18.4. The Morgan fingerprint density at radius 2 is 1.92 bits per heavy atom. The second-order valence-electron chi connectivity index (χ2n) is 4.64. The lowest BCUT2D eigenvalue weighted by Crippen LogP contribution is -1.99. The van der Waals surface area contributed by atoms with Gasteiger partial charge in [0.2, 0.25) is 5.88 Å². The van der Waals surface area contributed by atoms with Crippen molar-refractivity contribution in [3.8, 4) is 11.6 Å². The molecule has 0 saturated heterocycles. The van der Waals surface area contributed by atoms with Crippen LogP contribution in [0.5, 0.6) is 5.88 Å². The average Bonchev–Trinajstić information content (AvgIpc) is 3.02. The quantitative estimate of drug-likeness (QED) is 0.655. The van der Waals surface area contributed by atoms with E-state index in [1.807, 2.05) is 19.1 Å². The van der Waals surface area contributed by atoms with Gasteiger partial charge in [-0.3, -0.25) is 4.98 Å². The minimum Gasteiger partial charge on any atom is -0.470 e. The van der Waals surface area contributed by atoms with Gasteiger partial charge in [0.1, 0.15) is 12.3 Å². The number of benzene rings is 1. The molecule has 0 aliphatic rings. The molecule has 0 unspecified atom stereocenters. The summed E-state index contributed by atoms with van der Waals surface area (Å²) in [6, 6.07) is 7.34. The molecule has 2 heterocycles. The van der Waals surface area contributed by atoms with Crippen LogP contribution in [-0.2, 0) is 6.61 Å². The number of nitrogens with zero attached hydrogens (tertiary/aromatic N) is 5. The number of rotatable bonds is 4. The monoisotopic (exact) mass is 367 g/mol. The molecule has 0 fully saturated rings. The SMILES string of the molecule is Cc1cncc(OCc2cn(-c3ccc(Cl)cc3)nn2)n1.O=C(F)F. The molecule has 0 saturated carbocycles. The van der Waals surface area contributed by atoms with Crippen molar-refractivity contribution in [1.29, 1.82) is 0 Å². The molecule has 25 heavy (non-hydrogen) atoms. The Morgan fingerprint density at radius 3 is 2.56 bits per heavy atom. The van der Waals surface area contributed by atoms with Crippen molar-refractivity contribution in [3.63, 3.8) is 0 Å². The molecule has 0 aliphatic heterocycles. The zero-order chi connectivity index (χ0) is 18.2. The van der Waals surface area contributed by atoms with Crippen LogP contribution < -0.4 is 4.74 Å². The van der Waals surface area contributed by atoms with Gasteiger partial charge in [-0.1, -0.05) is 16.8 Å². The molecular formula is C15H12ClF2N5O2. The average molecular weight is 368 g/mol. The summed E-state index contributed by atoms with van der Waals surface area (Å²) < 4.78 is 26.6. The van der Waals surface area contributed by atoms with Gasteiger partial charge in [0, 0.05) is 11.2 Å². The molecule has 2 aromatic heterocycles. The molecule has 10 heteroatoms. The van der Waals surface area contributed by atoms with Crippen molar-refractivity contribution < 1.29 is 18.3 Å². The molecule has 0 spiro atoms. The lowest BCUT2D eigenvalue weighted by atomic mass is 10.3. The number of hydrogen-bond donors (Lipinski definition) is 0. The minimum atomic E-state index is -2.83. The van der Waals surface area contributed by atoms with Gasteiger partial charge >= 0.3 is 6.29 Å². The molecule has 0 amide bonds. The van der Waals surface area contributed by atoms with E-state index in [1.165, 1.54) is 0 Å². The fourth-order valence-corrected chi connectivity index (χ4v) is 1.87. The highest BCUT2D eigenvalue weighted by molar-refractivity contribution is 6.30. The van der Waals surface area contributed by atoms with Gasteiger partial charge in [0.05, 0.1) is 23.8 Å². The van der Waals surface area contributed by atoms with Gasteiger partial charge < -0.3 is 4.74 Å². The van der Waals surface area contributed by atoms with Crippen LogP contribution in [-0.4, -0.2) is 31.3 Å². The Balaban J connectivity index is 0.000000511. The maximum absolute atomic E-state index is 9.69. The van der Waals surface area contributed by atoms with Gasteiger partial charge in [0.15, 0.2) is 0 Å². The molecule has 3 aromatic rings. The highest BCUT2D eigenvalue weighted by Gasteiger charge is 2.05. The van der Waals surface area contributed by atoms with Crippen molar-refractivity contribution in [1.82, 2.24) is 25.0 Å². The summed E-state index contributed by atoms with van der Waals surface area (Å²) in [5.74, 6) is 0.469. The molecular weight excluding hydrogens is 356 g/mol. The van der Waals surface area contributed by atoms with Crippen LogP contribution in [0, 0.1) is 6.92 Å². The second-order valence-corrected chi connectivity index (χ2v) is 5.08. The summed E-state index contributed by atoms with van der Waals surface area (Å²) in [4.78, 5) is 16.3. The smallest absolute Gasteiger partial charge is 0.470 e. The third kappa shape index (κ3) is 6.22. The Kier molecular flexibility index (Phi) is 6.47. The Bertz CT molecular complexity index is 838. The molecule has 0 aliphatic carbocycles. The van der Waals surface area contributed by atoms with Crippen LogP contribution in [0.2, 0.25) is 5.02 Å². The highest BCUT2D eigenvalue weighted by Crippen LogP contribution is 2.13. The van der Waals surface area contributed by atoms with E-state index in [1.54, 1.807) is 35.4 Å². The Morgan fingerprint density at radius 1 is 1.24 bits per heavy atom. The maximum Gasteiger partial charge on any atom is 0.483 e. The molecule has 0 N–H and O–H groups in total. The zero-order valence-electron chi connectivity index (χ0n) is 12.9. The van der Waals surface area contributed by atoms with Crippen LogP contribution in [0.4, 0.5) is 13.6 Å². The van der Waals surface area contributed by atoms with E-state index < -0.39 is 6.29 Å². The summed E-state index contributed by atoms with van der Waals surface area (Å²) in [6.45, 7) is 2.14. The van der Waals surface area contributed by atoms with E-state index in [0.717, 1.165) is 11.4 Å². The summed E-state index contributed by atoms with van der Waals surface area (Å²) in [5, 5.41) is 8.79. The standard InChI is InChI=1S/C14H12ClN5O.CF2O/c1-10-6-16-7-14(17-10)21-9-12-8-20(19-18-12)13-4-2-11(15)3-5-13;2-1(3)4/h2-8H,9H2,1H3;. The number of carbonyl (C=O) groups excluding carboxylic acids is 1. The van der Waals surface area contributed by atoms with E-state index in [0.29, 0.717) is 16.6 Å². The number of aryl methyl sites for hydroxylation is 1. The van der Waals surface area contributed by atoms with E-state index in [9.17, 15) is 8.78 Å². The van der Waals surface area contributed by atoms with Crippen LogP contribution in [0.1, 0.15) is 11.4 Å². The molecule has 0 atom stereocenters. The van der Waals surface area contributed by atoms with Crippen LogP contribution in [0.15, 0.2) is 42.9 Å². The van der Waals surface area contributed by atoms with Gasteiger partial charge in [-0.15, -0.1) is 13.9 Å². The Hall–Kier alpha value is -2.94. The number of hydrogen-bond acceptors (Lipinski definition) is 6. The molecule has 1 aromatic carbocycles. The Labute approximate surface area is 146 Å². The molecule has 0 radical (unpaired) electrons. The topological polar surface area (TPSA) is 82.8 Å². The number of carbonyl (C=O) groups is 1. The van der Waals surface area contributed by atoms with Crippen LogP contribution in [0.3, 0.4) is 0 Å². The maximum atomic E-state index is 9.69. The first-order valence-corrected chi connectivity index (χ1v) is 7.25. The lowest BCUT2D eigenvalue weighted by molar-refractivity contribution is 0.199. The largest absolute Gasteiger partial charge is 0.483 e. The first-order valence-electron chi connectivity index (χ1n) is 6.87. The summed E-state index contributed by atoms with van der Waals surface area (Å²) in [6.07, 6.45) is 2.20. The lowest BCUT2D eigenvalue weighted by Gasteiger charge is -2.02. The number of halogens is 3. The van der Waals surface area contributed by atoms with Crippen LogP contribution in [0.25, 0.3) is 5.69 Å². The van der Waals surface area contributed by atoms with E-state index in [4.69, 9.17) is 21.1 Å². The predicted octanol–water partition coefficient (Wildman–Crippen LogP) is 3.64. The van der Waals surface area contributed by atoms with Gasteiger partial charge in [-0.25, -0.2) is 14.5 Å². The van der Waals surface area contributed by atoms with Gasteiger partial charge in [-0.2, -0.15) is 0 Å². The zero-order valence-corrected chi connectivity index (χ0v) is 13.7. The number of ether oxygens (including phenoxy) is 1. The van der Waals surface area contributed by atoms with E-state index >= 15 is 0 Å². The van der Waals surface area contributed by atoms with Crippen LogP contribution >= 0.6 is 11.6 Å². The van der Waals surface area contributed by atoms with Crippen molar-refractivity contribution in [3.05, 3.63) is 59.3 Å². The molecule has 0 bridgehead atoms. The highest BCUT2D eigenvalue weighted by atomic mass is 35.5. The van der Waals surface area contributed by atoms with E-state index in [2.05, 4.69) is 20.3 Å². The summed E-state index contributed by atoms with van der Waals surface area (Å²) in [7, 11) is 0. The van der Waals surface area contributed by atoms with Gasteiger partial charge in [0.25, 0.3) is 0 Å². The van der Waals surface area contributed by atoms with Crippen molar-refractivity contribution in [2.24, 2.45) is 0 Å². The molecule has 130 valence electrons.